The van der Waals surface area contributed by atoms with E-state index in [1.54, 1.807) is 12.1 Å². The Hall–Kier alpha value is -1.76. The smallest absolute Gasteiger partial charge is 0.324 e. The first-order valence-corrected chi connectivity index (χ1v) is 8.67. The standard InChI is InChI=1S/C15H13Cl2NO4S/c1-10-2-5-12(6-3-10)23(21,22)18(9-15(19)20)14-7-4-11(16)8-13(14)17/h2-8H,9H2,1H3,(H,19,20). The third-order valence-electron chi connectivity index (χ3n) is 3.07. The van der Waals surface area contributed by atoms with Gasteiger partial charge in [-0.2, -0.15) is 0 Å². The quantitative estimate of drug-likeness (QED) is 0.868. The molecule has 0 heterocycles. The number of hydrogen-bond acceptors (Lipinski definition) is 3. The Labute approximate surface area is 144 Å². The molecule has 0 aliphatic heterocycles. The number of carboxylic acid groups (broad SMARTS) is 1. The zero-order valence-electron chi connectivity index (χ0n) is 12.0. The van der Waals surface area contributed by atoms with Gasteiger partial charge < -0.3 is 5.11 Å². The lowest BCUT2D eigenvalue weighted by Crippen LogP contribution is -2.36. The van der Waals surface area contributed by atoms with E-state index < -0.39 is 22.5 Å². The Morgan fingerprint density at radius 1 is 1.13 bits per heavy atom. The van der Waals surface area contributed by atoms with E-state index in [1.807, 2.05) is 6.92 Å². The number of sulfonamides is 1. The SMILES string of the molecule is Cc1ccc(S(=O)(=O)N(CC(=O)O)c2ccc(Cl)cc2Cl)cc1. The molecule has 0 saturated carbocycles. The molecule has 0 saturated heterocycles. The van der Waals surface area contributed by atoms with Crippen molar-refractivity contribution in [3.63, 3.8) is 0 Å². The summed E-state index contributed by atoms with van der Waals surface area (Å²) < 4.78 is 26.3. The maximum Gasteiger partial charge on any atom is 0.324 e. The molecule has 122 valence electrons. The first kappa shape index (κ1) is 17.6. The Bertz CT molecular complexity index is 835. The number of aliphatic carboxylic acids is 1. The molecular formula is C15H13Cl2NO4S. The average Bonchev–Trinajstić information content (AvgIpc) is 2.45. The topological polar surface area (TPSA) is 74.7 Å². The van der Waals surface area contributed by atoms with Gasteiger partial charge in [-0.15, -0.1) is 0 Å². The number of carbonyl (C=O) groups is 1. The van der Waals surface area contributed by atoms with Crippen molar-refractivity contribution in [3.8, 4) is 0 Å². The summed E-state index contributed by atoms with van der Waals surface area (Å²) >= 11 is 11.9. The fraction of sp³-hybridized carbons (Fsp3) is 0.133. The van der Waals surface area contributed by atoms with Gasteiger partial charge in [0.15, 0.2) is 0 Å². The molecule has 0 amide bonds. The van der Waals surface area contributed by atoms with E-state index in [4.69, 9.17) is 28.3 Å². The molecule has 0 aromatic heterocycles. The maximum absolute atomic E-state index is 12.8. The van der Waals surface area contributed by atoms with E-state index >= 15 is 0 Å². The first-order chi connectivity index (χ1) is 10.7. The number of anilines is 1. The van der Waals surface area contributed by atoms with Crippen molar-refractivity contribution < 1.29 is 18.3 Å². The molecule has 0 aliphatic rings. The number of nitrogens with zero attached hydrogens (tertiary/aromatic N) is 1. The van der Waals surface area contributed by atoms with E-state index in [0.717, 1.165) is 9.87 Å². The first-order valence-electron chi connectivity index (χ1n) is 6.48. The van der Waals surface area contributed by atoms with Crippen LogP contribution in [0.1, 0.15) is 5.56 Å². The zero-order valence-corrected chi connectivity index (χ0v) is 14.4. The highest BCUT2D eigenvalue weighted by atomic mass is 35.5. The second kappa shape index (κ2) is 6.78. The van der Waals surface area contributed by atoms with Crippen molar-refractivity contribution in [1.29, 1.82) is 0 Å². The fourth-order valence-corrected chi connectivity index (χ4v) is 3.94. The van der Waals surface area contributed by atoms with Gasteiger partial charge in [0.05, 0.1) is 15.6 Å². The van der Waals surface area contributed by atoms with Crippen LogP contribution in [0.25, 0.3) is 0 Å². The Morgan fingerprint density at radius 2 is 1.74 bits per heavy atom. The predicted molar refractivity (Wildman–Crippen MR) is 89.8 cm³/mol. The molecule has 0 aliphatic carbocycles. The monoisotopic (exact) mass is 373 g/mol. The second-order valence-corrected chi connectivity index (χ2v) is 7.52. The van der Waals surface area contributed by atoms with Gasteiger partial charge in [-0.3, -0.25) is 9.10 Å². The van der Waals surface area contributed by atoms with E-state index in [0.29, 0.717) is 5.02 Å². The molecule has 23 heavy (non-hydrogen) atoms. The molecule has 0 fully saturated rings. The van der Waals surface area contributed by atoms with Gasteiger partial charge in [-0.25, -0.2) is 8.42 Å². The van der Waals surface area contributed by atoms with Gasteiger partial charge in [-0.1, -0.05) is 40.9 Å². The van der Waals surface area contributed by atoms with E-state index in [9.17, 15) is 13.2 Å². The minimum Gasteiger partial charge on any atom is -0.480 e. The van der Waals surface area contributed by atoms with Crippen LogP contribution in [0.2, 0.25) is 10.0 Å². The van der Waals surface area contributed by atoms with E-state index in [2.05, 4.69) is 0 Å². The van der Waals surface area contributed by atoms with Crippen LogP contribution >= 0.6 is 23.2 Å². The van der Waals surface area contributed by atoms with Crippen molar-refractivity contribution >= 4 is 44.9 Å². The third kappa shape index (κ3) is 3.96. The molecule has 2 rings (SSSR count). The van der Waals surface area contributed by atoms with Gasteiger partial charge in [-0.05, 0) is 37.3 Å². The van der Waals surface area contributed by atoms with Crippen molar-refractivity contribution in [2.24, 2.45) is 0 Å². The van der Waals surface area contributed by atoms with Gasteiger partial charge in [0.2, 0.25) is 0 Å². The Kier molecular flexibility index (Phi) is 5.19. The van der Waals surface area contributed by atoms with Gasteiger partial charge in [0, 0.05) is 5.02 Å². The lowest BCUT2D eigenvalue weighted by molar-refractivity contribution is -0.135. The van der Waals surface area contributed by atoms with Crippen LogP contribution in [-0.2, 0) is 14.8 Å². The van der Waals surface area contributed by atoms with Crippen LogP contribution in [0.3, 0.4) is 0 Å². The molecule has 2 aromatic rings. The molecule has 1 N–H and O–H groups in total. The van der Waals surface area contributed by atoms with Crippen LogP contribution < -0.4 is 4.31 Å². The summed E-state index contributed by atoms with van der Waals surface area (Å²) in [5.41, 5.74) is 0.942. The minimum atomic E-state index is -4.08. The summed E-state index contributed by atoms with van der Waals surface area (Å²) in [7, 11) is -4.08. The average molecular weight is 374 g/mol. The molecule has 2 aromatic carbocycles. The number of rotatable bonds is 5. The molecule has 0 bridgehead atoms. The summed E-state index contributed by atoms with van der Waals surface area (Å²) in [5, 5.41) is 9.44. The number of halogens is 2. The molecule has 0 unspecified atom stereocenters. The van der Waals surface area contributed by atoms with Crippen LogP contribution in [-0.4, -0.2) is 26.0 Å². The summed E-state index contributed by atoms with van der Waals surface area (Å²) in [4.78, 5) is 11.1. The lowest BCUT2D eigenvalue weighted by Gasteiger charge is -2.23. The number of benzene rings is 2. The van der Waals surface area contributed by atoms with Gasteiger partial charge in [0.1, 0.15) is 6.54 Å². The molecule has 0 spiro atoms. The molecular weight excluding hydrogens is 361 g/mol. The lowest BCUT2D eigenvalue weighted by atomic mass is 10.2. The Morgan fingerprint density at radius 3 is 2.26 bits per heavy atom. The third-order valence-corrected chi connectivity index (χ3v) is 5.38. The van der Waals surface area contributed by atoms with Crippen molar-refractivity contribution in [2.75, 3.05) is 10.8 Å². The van der Waals surface area contributed by atoms with Gasteiger partial charge in [0.25, 0.3) is 10.0 Å². The minimum absolute atomic E-state index is 0.0182. The van der Waals surface area contributed by atoms with Crippen LogP contribution in [0.15, 0.2) is 47.4 Å². The molecule has 5 nitrogen and oxygen atoms in total. The second-order valence-electron chi connectivity index (χ2n) is 4.81. The summed E-state index contributed by atoms with van der Waals surface area (Å²) in [6, 6.07) is 10.3. The molecule has 8 heteroatoms. The number of carboxylic acids is 1. The van der Waals surface area contributed by atoms with Crippen molar-refractivity contribution in [2.45, 2.75) is 11.8 Å². The number of hydrogen-bond donors (Lipinski definition) is 1. The predicted octanol–water partition coefficient (Wildman–Crippen LogP) is 3.58. The normalized spacial score (nSPS) is 11.3. The van der Waals surface area contributed by atoms with Crippen molar-refractivity contribution in [3.05, 3.63) is 58.1 Å². The summed E-state index contributed by atoms with van der Waals surface area (Å²) in [6.07, 6.45) is 0. The van der Waals surface area contributed by atoms with E-state index in [-0.39, 0.29) is 15.6 Å². The van der Waals surface area contributed by atoms with Crippen LogP contribution in [0.4, 0.5) is 5.69 Å². The van der Waals surface area contributed by atoms with Crippen LogP contribution in [0, 0.1) is 6.92 Å². The molecule has 0 atom stereocenters. The van der Waals surface area contributed by atoms with Crippen LogP contribution in [0.5, 0.6) is 0 Å². The summed E-state index contributed by atoms with van der Waals surface area (Å²) in [6.45, 7) is 1.07. The van der Waals surface area contributed by atoms with Gasteiger partial charge >= 0.3 is 5.97 Å². The summed E-state index contributed by atoms with van der Waals surface area (Å²) in [5.74, 6) is -1.30. The highest BCUT2D eigenvalue weighted by molar-refractivity contribution is 7.92. The Balaban J connectivity index is 2.57. The highest BCUT2D eigenvalue weighted by Crippen LogP contribution is 2.32. The largest absolute Gasteiger partial charge is 0.480 e. The maximum atomic E-state index is 12.8. The number of aryl methyl sites for hydroxylation is 1. The zero-order chi connectivity index (χ0) is 17.2. The fourth-order valence-electron chi connectivity index (χ4n) is 1.94. The van der Waals surface area contributed by atoms with E-state index in [1.165, 1.54) is 30.3 Å². The van der Waals surface area contributed by atoms with Crippen molar-refractivity contribution in [1.82, 2.24) is 0 Å². The highest BCUT2D eigenvalue weighted by Gasteiger charge is 2.28. The molecule has 0 radical (unpaired) electrons.